The zero-order valence-electron chi connectivity index (χ0n) is 19.1. The van der Waals surface area contributed by atoms with Crippen molar-refractivity contribution in [2.24, 2.45) is 5.92 Å². The predicted octanol–water partition coefficient (Wildman–Crippen LogP) is 5.21. The van der Waals surface area contributed by atoms with E-state index in [1.807, 2.05) is 42.2 Å². The lowest BCUT2D eigenvalue weighted by Crippen LogP contribution is -2.45. The van der Waals surface area contributed by atoms with Gasteiger partial charge in [0.15, 0.2) is 0 Å². The molecule has 2 aliphatic rings. The molecule has 1 aliphatic carbocycles. The number of carbonyl (C=O) groups is 2. The number of benzene rings is 2. The molecule has 6 nitrogen and oxygen atoms in total. The van der Waals surface area contributed by atoms with Gasteiger partial charge in [-0.25, -0.2) is 4.98 Å². The summed E-state index contributed by atoms with van der Waals surface area (Å²) in [6.45, 7) is 4.42. The minimum absolute atomic E-state index is 0.0259. The molecule has 172 valence electrons. The normalized spacial score (nSPS) is 21.0. The fraction of sp³-hybridized carbons (Fsp3) is 0.296. The second-order valence-electron chi connectivity index (χ2n) is 9.29. The molecule has 0 radical (unpaired) electrons. The lowest BCUT2D eigenvalue weighted by atomic mass is 10.1. The van der Waals surface area contributed by atoms with Gasteiger partial charge >= 0.3 is 0 Å². The van der Waals surface area contributed by atoms with E-state index in [0.29, 0.717) is 29.3 Å². The summed E-state index contributed by atoms with van der Waals surface area (Å²) in [6.07, 6.45) is 3.54. The Morgan fingerprint density at radius 3 is 2.85 bits per heavy atom. The van der Waals surface area contributed by atoms with Gasteiger partial charge < -0.3 is 14.6 Å². The van der Waals surface area contributed by atoms with Gasteiger partial charge in [-0.3, -0.25) is 9.59 Å². The number of nitrogens with one attached hydrogen (secondary N) is 1. The number of rotatable bonds is 5. The summed E-state index contributed by atoms with van der Waals surface area (Å²) in [7, 11) is 0. The van der Waals surface area contributed by atoms with Gasteiger partial charge in [-0.1, -0.05) is 35.9 Å². The van der Waals surface area contributed by atoms with Gasteiger partial charge in [-0.05, 0) is 56.4 Å². The Balaban J connectivity index is 1.23. The molecule has 7 heteroatoms. The number of hydrogen-bond donors (Lipinski definition) is 1. The molecule has 0 unspecified atom stereocenters. The smallest absolute Gasteiger partial charge is 0.274 e. The van der Waals surface area contributed by atoms with Crippen LogP contribution in [0.1, 0.15) is 44.3 Å². The summed E-state index contributed by atoms with van der Waals surface area (Å²) in [5.41, 5.74) is 3.98. The zero-order valence-corrected chi connectivity index (χ0v) is 19.9. The molecule has 2 amide bonds. The number of piperidine rings is 1. The molecule has 34 heavy (non-hydrogen) atoms. The summed E-state index contributed by atoms with van der Waals surface area (Å²) in [4.78, 5) is 34.3. The van der Waals surface area contributed by atoms with Crippen molar-refractivity contribution in [3.05, 3.63) is 76.6 Å². The third kappa shape index (κ3) is 3.60. The molecule has 2 aromatic carbocycles. The molecule has 1 aliphatic heterocycles. The van der Waals surface area contributed by atoms with Gasteiger partial charge in [0.2, 0.25) is 0 Å². The Bertz CT molecular complexity index is 1420. The van der Waals surface area contributed by atoms with E-state index in [2.05, 4.69) is 29.4 Å². The molecule has 1 saturated carbocycles. The first-order chi connectivity index (χ1) is 16.5. The van der Waals surface area contributed by atoms with E-state index in [4.69, 9.17) is 4.42 Å². The quantitative estimate of drug-likeness (QED) is 0.434. The third-order valence-corrected chi connectivity index (χ3v) is 7.92. The Labute approximate surface area is 201 Å². The van der Waals surface area contributed by atoms with E-state index < -0.39 is 0 Å². The SMILES string of the molecule is Cc1cccc(-c2sc(C)nc2C(=O)N2[C@H](CNC(=O)c3cccc4occc34)C[C@@H]3C[C@@H]32)c1. The molecule has 0 spiro atoms. The number of aromatic nitrogens is 1. The Morgan fingerprint density at radius 1 is 1.15 bits per heavy atom. The summed E-state index contributed by atoms with van der Waals surface area (Å²) in [5.74, 6) is 0.345. The van der Waals surface area contributed by atoms with E-state index in [9.17, 15) is 9.59 Å². The molecule has 2 fully saturated rings. The molecule has 2 aromatic heterocycles. The molecule has 6 rings (SSSR count). The number of fused-ring (bicyclic) bond motifs is 2. The minimum atomic E-state index is -0.148. The fourth-order valence-corrected chi connectivity index (χ4v) is 6.14. The molecule has 3 heterocycles. The van der Waals surface area contributed by atoms with Gasteiger partial charge in [0, 0.05) is 18.0 Å². The van der Waals surface area contributed by atoms with Gasteiger partial charge in [0.1, 0.15) is 11.3 Å². The maximum absolute atomic E-state index is 13.8. The highest BCUT2D eigenvalue weighted by Gasteiger charge is 2.54. The summed E-state index contributed by atoms with van der Waals surface area (Å²) in [6, 6.07) is 15.7. The van der Waals surface area contributed by atoms with Crippen LogP contribution in [0.2, 0.25) is 0 Å². The van der Waals surface area contributed by atoms with Gasteiger partial charge in [0.25, 0.3) is 11.8 Å². The molecular weight excluding hydrogens is 446 g/mol. The van der Waals surface area contributed by atoms with E-state index in [1.54, 1.807) is 23.7 Å². The highest BCUT2D eigenvalue weighted by molar-refractivity contribution is 7.15. The number of thiazole rings is 1. The van der Waals surface area contributed by atoms with Crippen LogP contribution >= 0.6 is 11.3 Å². The van der Waals surface area contributed by atoms with E-state index in [-0.39, 0.29) is 23.9 Å². The van der Waals surface area contributed by atoms with Crippen LogP contribution in [0.3, 0.4) is 0 Å². The monoisotopic (exact) mass is 471 g/mol. The summed E-state index contributed by atoms with van der Waals surface area (Å²) < 4.78 is 5.42. The van der Waals surface area contributed by atoms with Crippen molar-refractivity contribution in [1.29, 1.82) is 0 Å². The number of nitrogens with zero attached hydrogens (tertiary/aromatic N) is 2. The van der Waals surface area contributed by atoms with Crippen molar-refractivity contribution in [3.8, 4) is 10.4 Å². The molecule has 1 saturated heterocycles. The number of likely N-dealkylation sites (tertiary alicyclic amines) is 1. The summed E-state index contributed by atoms with van der Waals surface area (Å²) in [5, 5.41) is 4.74. The second-order valence-corrected chi connectivity index (χ2v) is 10.5. The topological polar surface area (TPSA) is 75.4 Å². The predicted molar refractivity (Wildman–Crippen MR) is 132 cm³/mol. The van der Waals surface area contributed by atoms with Crippen LogP contribution < -0.4 is 5.32 Å². The van der Waals surface area contributed by atoms with Crippen molar-refractivity contribution < 1.29 is 14.0 Å². The highest BCUT2D eigenvalue weighted by Crippen LogP contribution is 2.48. The third-order valence-electron chi connectivity index (χ3n) is 6.90. The average molecular weight is 472 g/mol. The molecule has 4 aromatic rings. The van der Waals surface area contributed by atoms with Crippen molar-refractivity contribution in [1.82, 2.24) is 15.2 Å². The minimum Gasteiger partial charge on any atom is -0.464 e. The first-order valence-electron chi connectivity index (χ1n) is 11.6. The van der Waals surface area contributed by atoms with Crippen LogP contribution in [0.5, 0.6) is 0 Å². The van der Waals surface area contributed by atoms with Crippen molar-refractivity contribution in [2.75, 3.05) is 6.54 Å². The summed E-state index contributed by atoms with van der Waals surface area (Å²) >= 11 is 1.56. The molecule has 3 atom stereocenters. The number of furan rings is 1. The van der Waals surface area contributed by atoms with Crippen LogP contribution in [0.25, 0.3) is 21.4 Å². The van der Waals surface area contributed by atoms with E-state index in [0.717, 1.165) is 39.2 Å². The van der Waals surface area contributed by atoms with Crippen LogP contribution in [0.15, 0.2) is 59.2 Å². The van der Waals surface area contributed by atoms with Crippen molar-refractivity contribution in [2.45, 2.75) is 38.8 Å². The first-order valence-corrected chi connectivity index (χ1v) is 12.4. The fourth-order valence-electron chi connectivity index (χ4n) is 5.23. The van der Waals surface area contributed by atoms with Crippen molar-refractivity contribution >= 4 is 34.1 Å². The Kier molecular flexibility index (Phi) is 5.03. The second kappa shape index (κ2) is 8.09. The van der Waals surface area contributed by atoms with Crippen LogP contribution in [0, 0.1) is 19.8 Å². The molecular formula is C27H25N3O3S. The number of carbonyl (C=O) groups excluding carboxylic acids is 2. The average Bonchev–Trinajstić information content (AvgIpc) is 3.18. The maximum Gasteiger partial charge on any atom is 0.274 e. The van der Waals surface area contributed by atoms with Crippen LogP contribution in [-0.4, -0.2) is 40.3 Å². The van der Waals surface area contributed by atoms with E-state index >= 15 is 0 Å². The highest BCUT2D eigenvalue weighted by atomic mass is 32.1. The van der Waals surface area contributed by atoms with Crippen LogP contribution in [0.4, 0.5) is 0 Å². The molecule has 1 N–H and O–H groups in total. The lowest BCUT2D eigenvalue weighted by molar-refractivity contribution is 0.0684. The van der Waals surface area contributed by atoms with Gasteiger partial charge in [-0.2, -0.15) is 0 Å². The Hall–Kier alpha value is -3.45. The van der Waals surface area contributed by atoms with Crippen molar-refractivity contribution in [3.63, 3.8) is 0 Å². The number of hydrogen-bond acceptors (Lipinski definition) is 5. The Morgan fingerprint density at radius 2 is 2.00 bits per heavy atom. The zero-order chi connectivity index (χ0) is 23.4. The van der Waals surface area contributed by atoms with Gasteiger partial charge in [-0.15, -0.1) is 11.3 Å². The largest absolute Gasteiger partial charge is 0.464 e. The molecule has 0 bridgehead atoms. The lowest BCUT2D eigenvalue weighted by Gasteiger charge is -2.27. The van der Waals surface area contributed by atoms with E-state index in [1.165, 1.54) is 0 Å². The standard InChI is InChI=1S/C27H25N3O3S/c1-15-5-3-6-17(11-15)25-24(29-16(2)34-25)27(32)30-19(12-18-13-22(18)30)14-28-26(31)21-7-4-8-23-20(21)9-10-33-23/h3-11,18-19,22H,12-14H2,1-2H3,(H,28,31)/t18-,19+,22+/m1/s1. The number of aryl methyl sites for hydroxylation is 2. The first kappa shape index (κ1) is 21.1. The maximum atomic E-state index is 13.8. The van der Waals surface area contributed by atoms with Gasteiger partial charge in [0.05, 0.1) is 27.8 Å². The van der Waals surface area contributed by atoms with Crippen LogP contribution in [-0.2, 0) is 0 Å². The number of amides is 2.